The topological polar surface area (TPSA) is 29.1 Å². The molecule has 22 heavy (non-hydrogen) atoms. The molecule has 0 fully saturated rings. The van der Waals surface area contributed by atoms with Gasteiger partial charge < -0.3 is 5.32 Å². The van der Waals surface area contributed by atoms with Crippen LogP contribution in [0.25, 0.3) is 0 Å². The third kappa shape index (κ3) is 3.33. The summed E-state index contributed by atoms with van der Waals surface area (Å²) in [6, 6.07) is 13.6. The molecule has 1 aliphatic carbocycles. The van der Waals surface area contributed by atoms with Gasteiger partial charge in [0.15, 0.2) is 0 Å². The lowest BCUT2D eigenvalue weighted by Crippen LogP contribution is -2.26. The van der Waals surface area contributed by atoms with Crippen molar-refractivity contribution in [1.82, 2.24) is 5.32 Å². The molecule has 0 saturated heterocycles. The first kappa shape index (κ1) is 15.1. The Morgan fingerprint density at radius 1 is 1.09 bits per heavy atom. The van der Waals surface area contributed by atoms with Crippen LogP contribution in [0.2, 0.25) is 5.02 Å². The molecule has 2 nitrogen and oxygen atoms in total. The Morgan fingerprint density at radius 3 is 2.64 bits per heavy atom. The fourth-order valence-electron chi connectivity index (χ4n) is 3.02. The highest BCUT2D eigenvalue weighted by atomic mass is 35.5. The van der Waals surface area contributed by atoms with Crippen LogP contribution in [0, 0.1) is 0 Å². The summed E-state index contributed by atoms with van der Waals surface area (Å²) in [5, 5.41) is 3.63. The highest BCUT2D eigenvalue weighted by Gasteiger charge is 2.15. The lowest BCUT2D eigenvalue weighted by Gasteiger charge is -2.20. The molecule has 0 aliphatic heterocycles. The molecule has 2 aromatic rings. The summed E-state index contributed by atoms with van der Waals surface area (Å²) in [5.74, 6) is -0.0901. The minimum atomic E-state index is -0.0901. The summed E-state index contributed by atoms with van der Waals surface area (Å²) in [5.41, 5.74) is 4.66. The lowest BCUT2D eigenvalue weighted by atomic mass is 9.89. The van der Waals surface area contributed by atoms with Crippen LogP contribution in [0.4, 0.5) is 0 Å². The first-order valence-corrected chi connectivity index (χ1v) is 8.19. The van der Waals surface area contributed by atoms with Crippen LogP contribution >= 0.6 is 11.6 Å². The molecule has 0 bridgehead atoms. The lowest BCUT2D eigenvalue weighted by molar-refractivity contribution is 0.0940. The maximum Gasteiger partial charge on any atom is 0.251 e. The molecule has 3 heteroatoms. The second kappa shape index (κ2) is 6.53. The highest BCUT2D eigenvalue weighted by Crippen LogP contribution is 2.25. The van der Waals surface area contributed by atoms with Gasteiger partial charge in [0.1, 0.15) is 0 Å². The van der Waals surface area contributed by atoms with E-state index in [1.54, 1.807) is 24.3 Å². The van der Waals surface area contributed by atoms with Crippen LogP contribution < -0.4 is 5.32 Å². The van der Waals surface area contributed by atoms with E-state index in [4.69, 9.17) is 11.6 Å². The molecule has 1 aliphatic rings. The summed E-state index contributed by atoms with van der Waals surface area (Å²) < 4.78 is 0. The summed E-state index contributed by atoms with van der Waals surface area (Å²) >= 11 is 5.94. The number of hydrogen-bond acceptors (Lipinski definition) is 1. The second-order valence-corrected chi connectivity index (χ2v) is 6.38. The number of aryl methyl sites for hydroxylation is 2. The van der Waals surface area contributed by atoms with E-state index in [9.17, 15) is 4.79 Å². The zero-order chi connectivity index (χ0) is 15.5. The predicted molar refractivity (Wildman–Crippen MR) is 90.4 cm³/mol. The number of halogens is 1. The monoisotopic (exact) mass is 313 g/mol. The molecule has 1 atom stereocenters. The van der Waals surface area contributed by atoms with E-state index in [-0.39, 0.29) is 11.9 Å². The van der Waals surface area contributed by atoms with Crippen molar-refractivity contribution in [1.29, 1.82) is 0 Å². The van der Waals surface area contributed by atoms with Crippen LogP contribution in [0.1, 0.15) is 52.9 Å². The van der Waals surface area contributed by atoms with E-state index >= 15 is 0 Å². The molecule has 3 rings (SSSR count). The minimum absolute atomic E-state index is 0.0151. The average molecular weight is 314 g/mol. The molecule has 0 unspecified atom stereocenters. The molecule has 0 radical (unpaired) electrons. The Morgan fingerprint density at radius 2 is 1.86 bits per heavy atom. The van der Waals surface area contributed by atoms with Gasteiger partial charge in [-0.3, -0.25) is 4.79 Å². The van der Waals surface area contributed by atoms with Gasteiger partial charge in [-0.15, -0.1) is 0 Å². The fraction of sp³-hybridized carbons (Fsp3) is 0.316. The van der Waals surface area contributed by atoms with E-state index in [1.165, 1.54) is 30.4 Å². The fourth-order valence-corrected chi connectivity index (χ4v) is 3.21. The summed E-state index contributed by atoms with van der Waals surface area (Å²) in [7, 11) is 0. The van der Waals surface area contributed by atoms with Crippen molar-refractivity contribution in [2.24, 2.45) is 0 Å². The van der Waals surface area contributed by atoms with Crippen molar-refractivity contribution in [2.45, 2.75) is 38.6 Å². The average Bonchev–Trinajstić information content (AvgIpc) is 2.54. The van der Waals surface area contributed by atoms with Crippen molar-refractivity contribution in [3.05, 3.63) is 69.7 Å². The predicted octanol–water partition coefficient (Wildman–Crippen LogP) is 4.71. The van der Waals surface area contributed by atoms with E-state index < -0.39 is 0 Å². The number of nitrogens with one attached hydrogen (secondary N) is 1. The molecule has 0 saturated carbocycles. The molecule has 0 aromatic heterocycles. The van der Waals surface area contributed by atoms with Crippen molar-refractivity contribution < 1.29 is 4.79 Å². The summed E-state index contributed by atoms with van der Waals surface area (Å²) in [6.45, 7) is 2.02. The molecule has 0 spiro atoms. The molecule has 2 aromatic carbocycles. The van der Waals surface area contributed by atoms with Gasteiger partial charge in [0.05, 0.1) is 6.04 Å². The zero-order valence-electron chi connectivity index (χ0n) is 12.7. The molecular weight excluding hydrogens is 294 g/mol. The third-order valence-corrected chi connectivity index (χ3v) is 4.54. The molecule has 1 amide bonds. The number of rotatable bonds is 3. The van der Waals surface area contributed by atoms with Crippen molar-refractivity contribution in [3.63, 3.8) is 0 Å². The molecular formula is C19H20ClNO. The summed E-state index contributed by atoms with van der Waals surface area (Å²) in [6.07, 6.45) is 4.88. The third-order valence-electron chi connectivity index (χ3n) is 4.31. The van der Waals surface area contributed by atoms with Gasteiger partial charge in [0, 0.05) is 10.6 Å². The molecule has 0 heterocycles. The van der Waals surface area contributed by atoms with Gasteiger partial charge in [0.25, 0.3) is 5.91 Å². The number of hydrogen-bond donors (Lipinski definition) is 1. The van der Waals surface area contributed by atoms with Crippen LogP contribution in [0.15, 0.2) is 42.5 Å². The summed E-state index contributed by atoms with van der Waals surface area (Å²) in [4.78, 5) is 12.3. The molecule has 1 N–H and O–H groups in total. The largest absolute Gasteiger partial charge is 0.346 e. The second-order valence-electron chi connectivity index (χ2n) is 5.94. The standard InChI is InChI=1S/C19H20ClNO/c1-13(21-19(22)17-7-4-8-18(20)12-17)15-10-9-14-5-2-3-6-16(14)11-15/h4,7-13H,2-3,5-6H2,1H3,(H,21,22)/t13-/m1/s1. The van der Waals surface area contributed by atoms with Gasteiger partial charge >= 0.3 is 0 Å². The minimum Gasteiger partial charge on any atom is -0.346 e. The first-order chi connectivity index (χ1) is 10.6. The normalized spacial score (nSPS) is 15.0. The van der Waals surface area contributed by atoms with Gasteiger partial charge in [-0.05, 0) is 67.5 Å². The maximum absolute atomic E-state index is 12.3. The Hall–Kier alpha value is -1.80. The first-order valence-electron chi connectivity index (χ1n) is 7.81. The van der Waals surface area contributed by atoms with Crippen molar-refractivity contribution >= 4 is 17.5 Å². The van der Waals surface area contributed by atoms with Crippen LogP contribution in [-0.4, -0.2) is 5.91 Å². The van der Waals surface area contributed by atoms with Gasteiger partial charge in [0.2, 0.25) is 0 Å². The van der Waals surface area contributed by atoms with E-state index in [0.717, 1.165) is 12.0 Å². The number of benzene rings is 2. The number of carbonyl (C=O) groups excluding carboxylic acids is 1. The SMILES string of the molecule is C[C@@H](NC(=O)c1cccc(Cl)c1)c1ccc2c(c1)CCCC2. The van der Waals surface area contributed by atoms with E-state index in [2.05, 4.69) is 23.5 Å². The van der Waals surface area contributed by atoms with Gasteiger partial charge in [-0.2, -0.15) is 0 Å². The Kier molecular flexibility index (Phi) is 4.49. The Labute approximate surface area is 136 Å². The zero-order valence-corrected chi connectivity index (χ0v) is 13.5. The van der Waals surface area contributed by atoms with Crippen LogP contribution in [-0.2, 0) is 12.8 Å². The highest BCUT2D eigenvalue weighted by molar-refractivity contribution is 6.30. The van der Waals surface area contributed by atoms with E-state index in [0.29, 0.717) is 10.6 Å². The smallest absolute Gasteiger partial charge is 0.251 e. The molecule has 114 valence electrons. The van der Waals surface area contributed by atoms with Gasteiger partial charge in [-0.25, -0.2) is 0 Å². The van der Waals surface area contributed by atoms with Gasteiger partial charge in [-0.1, -0.05) is 35.9 Å². The van der Waals surface area contributed by atoms with Crippen LogP contribution in [0.3, 0.4) is 0 Å². The van der Waals surface area contributed by atoms with Crippen LogP contribution in [0.5, 0.6) is 0 Å². The Bertz CT molecular complexity index is 696. The van der Waals surface area contributed by atoms with Crippen molar-refractivity contribution in [2.75, 3.05) is 0 Å². The maximum atomic E-state index is 12.3. The van der Waals surface area contributed by atoms with Crippen molar-refractivity contribution in [3.8, 4) is 0 Å². The van der Waals surface area contributed by atoms with E-state index in [1.807, 2.05) is 6.92 Å². The quantitative estimate of drug-likeness (QED) is 0.873. The number of fused-ring (bicyclic) bond motifs is 1. The number of carbonyl (C=O) groups is 1. The number of amides is 1. The Balaban J connectivity index is 1.74.